The minimum Gasteiger partial charge on any atom is -0.331 e. The number of benzene rings is 1. The predicted octanol–water partition coefficient (Wildman–Crippen LogP) is 3.72. The van der Waals surface area contributed by atoms with Gasteiger partial charge in [-0.15, -0.1) is 11.3 Å². The molecule has 4 heteroatoms. The van der Waals surface area contributed by atoms with Crippen LogP contribution in [0.1, 0.15) is 11.9 Å². The molecule has 0 radical (unpaired) electrons. The Morgan fingerprint density at radius 1 is 1.44 bits per heavy atom. The normalized spacial score (nSPS) is 11.7. The molecular formula is C12H11FN2S. The smallest absolute Gasteiger partial charge is 0.124 e. The van der Waals surface area contributed by atoms with Gasteiger partial charge in [0.25, 0.3) is 0 Å². The van der Waals surface area contributed by atoms with Crippen LogP contribution in [0.15, 0.2) is 18.2 Å². The molecule has 0 saturated heterocycles. The van der Waals surface area contributed by atoms with Gasteiger partial charge in [-0.25, -0.2) is 9.37 Å². The monoisotopic (exact) mass is 234 g/mol. The molecule has 2 heterocycles. The molecule has 1 aromatic carbocycles. The van der Waals surface area contributed by atoms with Crippen LogP contribution in [0.4, 0.5) is 4.39 Å². The van der Waals surface area contributed by atoms with Gasteiger partial charge in [0.2, 0.25) is 0 Å². The van der Waals surface area contributed by atoms with Gasteiger partial charge in [-0.05, 0) is 32.0 Å². The maximum atomic E-state index is 13.3. The molecule has 0 aliphatic carbocycles. The molecular weight excluding hydrogens is 223 g/mol. The summed E-state index contributed by atoms with van der Waals surface area (Å²) in [5.41, 5.74) is 2.00. The van der Waals surface area contributed by atoms with Crippen molar-refractivity contribution in [3.63, 3.8) is 0 Å². The van der Waals surface area contributed by atoms with Crippen molar-refractivity contribution in [1.82, 2.24) is 9.55 Å². The summed E-state index contributed by atoms with van der Waals surface area (Å²) in [6.45, 7) is 4.96. The van der Waals surface area contributed by atoms with Crippen LogP contribution in [0.5, 0.6) is 0 Å². The molecule has 0 unspecified atom stereocenters. The van der Waals surface area contributed by atoms with Crippen LogP contribution >= 0.6 is 11.3 Å². The Morgan fingerprint density at radius 2 is 2.25 bits per heavy atom. The van der Waals surface area contributed by atoms with Crippen molar-refractivity contribution in [1.29, 1.82) is 0 Å². The number of fused-ring (bicyclic) bond motifs is 3. The first-order valence-electron chi connectivity index (χ1n) is 5.25. The number of hydrogen-bond acceptors (Lipinski definition) is 2. The molecule has 16 heavy (non-hydrogen) atoms. The van der Waals surface area contributed by atoms with E-state index in [1.54, 1.807) is 17.4 Å². The number of thiazole rings is 1. The fourth-order valence-corrected chi connectivity index (χ4v) is 3.14. The van der Waals surface area contributed by atoms with E-state index in [9.17, 15) is 4.39 Å². The molecule has 0 atom stereocenters. The Morgan fingerprint density at radius 3 is 3.00 bits per heavy atom. The number of aryl methyl sites for hydroxylation is 2. The quantitative estimate of drug-likeness (QED) is 0.627. The van der Waals surface area contributed by atoms with E-state index in [1.807, 2.05) is 13.0 Å². The van der Waals surface area contributed by atoms with E-state index < -0.39 is 0 Å². The summed E-state index contributed by atoms with van der Waals surface area (Å²) in [5.74, 6) is -0.201. The van der Waals surface area contributed by atoms with Gasteiger partial charge in [0.1, 0.15) is 16.2 Å². The van der Waals surface area contributed by atoms with E-state index in [0.29, 0.717) is 0 Å². The van der Waals surface area contributed by atoms with Crippen LogP contribution in [0.25, 0.3) is 21.3 Å². The summed E-state index contributed by atoms with van der Waals surface area (Å²) in [7, 11) is 0. The predicted molar refractivity (Wildman–Crippen MR) is 65.5 cm³/mol. The fourth-order valence-electron chi connectivity index (χ4n) is 2.13. The number of nitrogens with zero attached hydrogens (tertiary/aromatic N) is 2. The van der Waals surface area contributed by atoms with Crippen LogP contribution in [0.3, 0.4) is 0 Å². The first kappa shape index (κ1) is 9.78. The zero-order valence-corrected chi connectivity index (χ0v) is 9.94. The third-order valence-electron chi connectivity index (χ3n) is 2.78. The van der Waals surface area contributed by atoms with Crippen LogP contribution in [0, 0.1) is 12.7 Å². The zero-order chi connectivity index (χ0) is 11.3. The summed E-state index contributed by atoms with van der Waals surface area (Å²) < 4.78 is 15.4. The van der Waals surface area contributed by atoms with Gasteiger partial charge < -0.3 is 4.57 Å². The summed E-state index contributed by atoms with van der Waals surface area (Å²) in [4.78, 5) is 5.62. The van der Waals surface area contributed by atoms with Crippen LogP contribution in [-0.4, -0.2) is 9.55 Å². The number of hydrogen-bond donors (Lipinski definition) is 0. The van der Waals surface area contributed by atoms with Crippen molar-refractivity contribution in [2.75, 3.05) is 0 Å². The number of halogens is 1. The molecule has 2 nitrogen and oxygen atoms in total. The highest BCUT2D eigenvalue weighted by molar-refractivity contribution is 7.18. The van der Waals surface area contributed by atoms with Gasteiger partial charge in [-0.2, -0.15) is 0 Å². The van der Waals surface area contributed by atoms with E-state index in [4.69, 9.17) is 0 Å². The third kappa shape index (κ3) is 1.19. The second-order valence-corrected chi connectivity index (χ2v) is 4.97. The highest BCUT2D eigenvalue weighted by Crippen LogP contribution is 2.32. The average Bonchev–Trinajstić information content (AvgIpc) is 2.74. The van der Waals surface area contributed by atoms with E-state index in [0.717, 1.165) is 32.8 Å². The van der Waals surface area contributed by atoms with Crippen molar-refractivity contribution in [3.8, 4) is 0 Å². The summed E-state index contributed by atoms with van der Waals surface area (Å²) >= 11 is 1.66. The molecule has 2 aromatic heterocycles. The molecule has 3 aromatic rings. The maximum Gasteiger partial charge on any atom is 0.124 e. The highest BCUT2D eigenvalue weighted by atomic mass is 32.1. The molecule has 0 N–H and O–H groups in total. The lowest BCUT2D eigenvalue weighted by molar-refractivity contribution is 0.629. The summed E-state index contributed by atoms with van der Waals surface area (Å²) in [5, 5.41) is 1.94. The van der Waals surface area contributed by atoms with Crippen LogP contribution in [-0.2, 0) is 6.54 Å². The van der Waals surface area contributed by atoms with E-state index in [2.05, 4.69) is 16.5 Å². The van der Waals surface area contributed by atoms with E-state index in [1.165, 1.54) is 6.07 Å². The molecule has 3 rings (SSSR count). The molecule has 0 spiro atoms. The zero-order valence-electron chi connectivity index (χ0n) is 9.12. The molecule has 0 aliphatic rings. The molecule has 0 aliphatic heterocycles. The first-order valence-corrected chi connectivity index (χ1v) is 6.07. The van der Waals surface area contributed by atoms with E-state index in [-0.39, 0.29) is 5.82 Å². The van der Waals surface area contributed by atoms with Crippen LogP contribution in [0.2, 0.25) is 0 Å². The fraction of sp³-hybridized carbons (Fsp3) is 0.250. The number of aromatic nitrogens is 2. The lowest BCUT2D eigenvalue weighted by Crippen LogP contribution is -1.91. The molecule has 0 amide bonds. The molecule has 0 saturated carbocycles. The molecule has 0 fully saturated rings. The lowest BCUT2D eigenvalue weighted by atomic mass is 10.2. The largest absolute Gasteiger partial charge is 0.331 e. The van der Waals surface area contributed by atoms with Gasteiger partial charge in [-0.1, -0.05) is 0 Å². The topological polar surface area (TPSA) is 17.8 Å². The Balaban J connectivity index is 2.56. The van der Waals surface area contributed by atoms with Gasteiger partial charge in [-0.3, -0.25) is 0 Å². The van der Waals surface area contributed by atoms with Gasteiger partial charge >= 0.3 is 0 Å². The van der Waals surface area contributed by atoms with Gasteiger partial charge in [0.15, 0.2) is 0 Å². The summed E-state index contributed by atoms with van der Waals surface area (Å²) in [6.07, 6.45) is 0. The third-order valence-corrected chi connectivity index (χ3v) is 3.78. The van der Waals surface area contributed by atoms with Gasteiger partial charge in [0.05, 0.1) is 10.5 Å². The van der Waals surface area contributed by atoms with Crippen LogP contribution < -0.4 is 0 Å². The van der Waals surface area contributed by atoms with E-state index >= 15 is 0 Å². The second kappa shape index (κ2) is 3.28. The standard InChI is InChI=1S/C12H11FN2S/c1-3-15-10-5-4-8(13)6-9(10)11-12(15)16-7(2)14-11/h4-6H,3H2,1-2H3. The van der Waals surface area contributed by atoms with Crippen molar-refractivity contribution in [2.45, 2.75) is 20.4 Å². The molecule has 82 valence electrons. The number of rotatable bonds is 1. The van der Waals surface area contributed by atoms with Gasteiger partial charge in [0, 0.05) is 11.9 Å². The second-order valence-electron chi connectivity index (χ2n) is 3.79. The SMILES string of the molecule is CCn1c2ccc(F)cc2c2nc(C)sc21. The van der Waals surface area contributed by atoms with Crippen molar-refractivity contribution < 1.29 is 4.39 Å². The minimum atomic E-state index is -0.201. The Hall–Kier alpha value is -1.42. The average molecular weight is 234 g/mol. The summed E-state index contributed by atoms with van der Waals surface area (Å²) in [6, 6.07) is 4.91. The molecule has 0 bridgehead atoms. The minimum absolute atomic E-state index is 0.201. The Bertz CT molecular complexity index is 681. The highest BCUT2D eigenvalue weighted by Gasteiger charge is 2.13. The Labute approximate surface area is 96.3 Å². The van der Waals surface area contributed by atoms with Crippen molar-refractivity contribution in [3.05, 3.63) is 29.0 Å². The first-order chi connectivity index (χ1) is 7.70. The van der Waals surface area contributed by atoms with Crippen molar-refractivity contribution in [2.24, 2.45) is 0 Å². The Kier molecular flexibility index (Phi) is 2.01. The maximum absolute atomic E-state index is 13.3. The lowest BCUT2D eigenvalue weighted by Gasteiger charge is -2.00. The van der Waals surface area contributed by atoms with Crippen molar-refractivity contribution >= 4 is 32.6 Å².